The molecule has 1 aliphatic rings. The van der Waals surface area contributed by atoms with E-state index in [1.165, 1.54) is 21.3 Å². The molecule has 6 nitrogen and oxygen atoms in total. The second-order valence-corrected chi connectivity index (χ2v) is 5.13. The van der Waals surface area contributed by atoms with Gasteiger partial charge in [-0.3, -0.25) is 9.59 Å². The third-order valence-corrected chi connectivity index (χ3v) is 3.95. The first-order valence-corrected chi connectivity index (χ1v) is 7.20. The van der Waals surface area contributed by atoms with E-state index >= 15 is 0 Å². The summed E-state index contributed by atoms with van der Waals surface area (Å²) in [5.41, 5.74) is 0.471. The summed E-state index contributed by atoms with van der Waals surface area (Å²) in [6.07, 6.45) is 1.23. The molecule has 0 radical (unpaired) electrons. The van der Waals surface area contributed by atoms with Gasteiger partial charge in [0, 0.05) is 13.1 Å². The lowest BCUT2D eigenvalue weighted by Crippen LogP contribution is -2.40. The van der Waals surface area contributed by atoms with Crippen molar-refractivity contribution in [2.24, 2.45) is 5.92 Å². The van der Waals surface area contributed by atoms with Gasteiger partial charge in [-0.15, -0.1) is 0 Å². The molecule has 22 heavy (non-hydrogen) atoms. The highest BCUT2D eigenvalue weighted by molar-refractivity contribution is 5.98. The topological polar surface area (TPSA) is 65.1 Å². The lowest BCUT2D eigenvalue weighted by atomic mass is 9.96. The Bertz CT molecular complexity index is 549. The van der Waals surface area contributed by atoms with E-state index in [0.717, 1.165) is 0 Å². The van der Waals surface area contributed by atoms with E-state index in [-0.39, 0.29) is 17.8 Å². The number of ether oxygens (including phenoxy) is 3. The van der Waals surface area contributed by atoms with E-state index in [1.54, 1.807) is 23.1 Å². The molecule has 1 saturated heterocycles. The summed E-state index contributed by atoms with van der Waals surface area (Å²) in [6, 6.07) is 5.23. The fourth-order valence-corrected chi connectivity index (χ4v) is 2.71. The van der Waals surface area contributed by atoms with Gasteiger partial charge in [-0.1, -0.05) is 6.07 Å². The number of para-hydroxylation sites is 1. The Morgan fingerprint density at radius 3 is 2.32 bits per heavy atom. The number of likely N-dealkylation sites (tertiary alicyclic amines) is 1. The molecule has 0 saturated carbocycles. The number of piperidine rings is 1. The van der Waals surface area contributed by atoms with Crippen molar-refractivity contribution in [3.05, 3.63) is 23.8 Å². The van der Waals surface area contributed by atoms with Gasteiger partial charge < -0.3 is 19.1 Å². The van der Waals surface area contributed by atoms with Crippen LogP contribution in [0.15, 0.2) is 18.2 Å². The molecule has 1 amide bonds. The highest BCUT2D eigenvalue weighted by atomic mass is 16.5. The molecule has 6 heteroatoms. The second kappa shape index (κ2) is 7.15. The van der Waals surface area contributed by atoms with E-state index in [9.17, 15) is 9.59 Å². The number of carbonyl (C=O) groups excluding carboxylic acids is 2. The van der Waals surface area contributed by atoms with Gasteiger partial charge in [0.1, 0.15) is 0 Å². The number of methoxy groups -OCH3 is 3. The van der Waals surface area contributed by atoms with Crippen LogP contribution in [0.25, 0.3) is 0 Å². The number of esters is 1. The lowest BCUT2D eigenvalue weighted by molar-refractivity contribution is -0.146. The van der Waals surface area contributed by atoms with Crippen LogP contribution in [0.3, 0.4) is 0 Å². The van der Waals surface area contributed by atoms with Crippen molar-refractivity contribution in [3.8, 4) is 11.5 Å². The standard InChI is InChI=1S/C16H21NO5/c1-20-13-6-4-5-12(14(13)21-2)15(18)17-9-7-11(8-10-17)16(19)22-3/h4-6,11H,7-10H2,1-3H3. The molecular weight excluding hydrogens is 286 g/mol. The van der Waals surface area contributed by atoms with Crippen LogP contribution in [0, 0.1) is 5.92 Å². The number of nitrogens with zero attached hydrogens (tertiary/aromatic N) is 1. The van der Waals surface area contributed by atoms with E-state index in [2.05, 4.69) is 0 Å². The van der Waals surface area contributed by atoms with Crippen molar-refractivity contribution in [3.63, 3.8) is 0 Å². The van der Waals surface area contributed by atoms with Crippen LogP contribution >= 0.6 is 0 Å². The Kier molecular flexibility index (Phi) is 5.25. The highest BCUT2D eigenvalue weighted by Crippen LogP contribution is 2.32. The van der Waals surface area contributed by atoms with Gasteiger partial charge in [-0.2, -0.15) is 0 Å². The van der Waals surface area contributed by atoms with Crippen LogP contribution in [-0.2, 0) is 9.53 Å². The molecule has 0 bridgehead atoms. The number of benzene rings is 1. The first kappa shape index (κ1) is 16.1. The summed E-state index contributed by atoms with van der Waals surface area (Å²) in [5, 5.41) is 0. The number of rotatable bonds is 4. The van der Waals surface area contributed by atoms with Gasteiger partial charge in [0.25, 0.3) is 5.91 Å². The predicted molar refractivity (Wildman–Crippen MR) is 80.2 cm³/mol. The van der Waals surface area contributed by atoms with Crippen LogP contribution < -0.4 is 9.47 Å². The van der Waals surface area contributed by atoms with Crippen LogP contribution in [0.1, 0.15) is 23.2 Å². The van der Waals surface area contributed by atoms with Crippen LogP contribution in [0.5, 0.6) is 11.5 Å². The maximum atomic E-state index is 12.7. The minimum absolute atomic E-state index is 0.112. The normalized spacial score (nSPS) is 15.3. The Morgan fingerprint density at radius 2 is 1.77 bits per heavy atom. The van der Waals surface area contributed by atoms with E-state index in [4.69, 9.17) is 14.2 Å². The maximum Gasteiger partial charge on any atom is 0.308 e. The molecule has 1 fully saturated rings. The molecule has 1 heterocycles. The Morgan fingerprint density at radius 1 is 1.09 bits per heavy atom. The summed E-state index contributed by atoms with van der Waals surface area (Å²) in [5.74, 6) is 0.522. The van der Waals surface area contributed by atoms with Crippen LogP contribution in [0.4, 0.5) is 0 Å². The number of hydrogen-bond donors (Lipinski definition) is 0. The molecule has 120 valence electrons. The Labute approximate surface area is 129 Å². The Balaban J connectivity index is 2.12. The van der Waals surface area contributed by atoms with Crippen molar-refractivity contribution in [1.29, 1.82) is 0 Å². The molecule has 1 aromatic rings. The van der Waals surface area contributed by atoms with E-state index < -0.39 is 0 Å². The van der Waals surface area contributed by atoms with Crippen molar-refractivity contribution in [1.82, 2.24) is 4.90 Å². The Hall–Kier alpha value is -2.24. The number of hydrogen-bond acceptors (Lipinski definition) is 5. The van der Waals surface area contributed by atoms with Crippen LogP contribution in [0.2, 0.25) is 0 Å². The largest absolute Gasteiger partial charge is 0.493 e. The number of amides is 1. The average molecular weight is 307 g/mol. The van der Waals surface area contributed by atoms with E-state index in [1.807, 2.05) is 0 Å². The fourth-order valence-electron chi connectivity index (χ4n) is 2.71. The summed E-state index contributed by atoms with van der Waals surface area (Å²) in [7, 11) is 4.44. The average Bonchev–Trinajstić information content (AvgIpc) is 2.59. The van der Waals surface area contributed by atoms with Gasteiger partial charge in [0.05, 0.1) is 32.8 Å². The third-order valence-electron chi connectivity index (χ3n) is 3.95. The molecule has 1 aliphatic heterocycles. The molecule has 0 aliphatic carbocycles. The maximum absolute atomic E-state index is 12.7. The van der Waals surface area contributed by atoms with Gasteiger partial charge in [0.2, 0.25) is 0 Å². The minimum atomic E-state index is -0.203. The summed E-state index contributed by atoms with van der Waals surface area (Å²) in [4.78, 5) is 25.9. The molecule has 0 N–H and O–H groups in total. The predicted octanol–water partition coefficient (Wildman–Crippen LogP) is 1.73. The van der Waals surface area contributed by atoms with Crippen molar-refractivity contribution in [2.75, 3.05) is 34.4 Å². The summed E-state index contributed by atoms with van der Waals surface area (Å²) >= 11 is 0. The van der Waals surface area contributed by atoms with Gasteiger partial charge in [0.15, 0.2) is 11.5 Å². The lowest BCUT2D eigenvalue weighted by Gasteiger charge is -2.31. The highest BCUT2D eigenvalue weighted by Gasteiger charge is 2.29. The molecule has 0 unspecified atom stereocenters. The van der Waals surface area contributed by atoms with Crippen molar-refractivity contribution < 1.29 is 23.8 Å². The SMILES string of the molecule is COC(=O)C1CCN(C(=O)c2cccc(OC)c2OC)CC1. The smallest absolute Gasteiger partial charge is 0.308 e. The van der Waals surface area contributed by atoms with Crippen LogP contribution in [-0.4, -0.2) is 51.2 Å². The summed E-state index contributed by atoms with van der Waals surface area (Å²) in [6.45, 7) is 1.05. The van der Waals surface area contributed by atoms with Crippen molar-refractivity contribution >= 4 is 11.9 Å². The van der Waals surface area contributed by atoms with E-state index in [0.29, 0.717) is 43.0 Å². The molecule has 0 atom stereocenters. The molecule has 0 aromatic heterocycles. The van der Waals surface area contributed by atoms with Gasteiger partial charge >= 0.3 is 5.97 Å². The summed E-state index contributed by atoms with van der Waals surface area (Å²) < 4.78 is 15.3. The zero-order valence-corrected chi connectivity index (χ0v) is 13.1. The molecule has 1 aromatic carbocycles. The minimum Gasteiger partial charge on any atom is -0.493 e. The molecule has 0 spiro atoms. The zero-order chi connectivity index (χ0) is 16.1. The first-order chi connectivity index (χ1) is 10.6. The molecular formula is C16H21NO5. The van der Waals surface area contributed by atoms with Gasteiger partial charge in [-0.05, 0) is 25.0 Å². The quantitative estimate of drug-likeness (QED) is 0.793. The number of carbonyl (C=O) groups is 2. The first-order valence-electron chi connectivity index (χ1n) is 7.20. The second-order valence-electron chi connectivity index (χ2n) is 5.13. The monoisotopic (exact) mass is 307 g/mol. The van der Waals surface area contributed by atoms with Gasteiger partial charge in [-0.25, -0.2) is 0 Å². The fraction of sp³-hybridized carbons (Fsp3) is 0.500. The van der Waals surface area contributed by atoms with Crippen molar-refractivity contribution in [2.45, 2.75) is 12.8 Å². The zero-order valence-electron chi connectivity index (χ0n) is 13.1. The molecule has 2 rings (SSSR count). The third kappa shape index (κ3) is 3.16.